The largest absolute Gasteiger partial charge is 0.227 e. The fraction of sp³-hybridized carbons (Fsp3) is 0. The van der Waals surface area contributed by atoms with Crippen molar-refractivity contribution in [3.05, 3.63) is 133 Å². The van der Waals surface area contributed by atoms with E-state index in [0.29, 0.717) is 0 Å². The van der Waals surface area contributed by atoms with Crippen LogP contribution in [0.15, 0.2) is 133 Å². The van der Waals surface area contributed by atoms with Gasteiger partial charge in [-0.3, -0.25) is 0 Å². The third-order valence-electron chi connectivity index (χ3n) is 7.31. The molecule has 0 atom stereocenters. The summed E-state index contributed by atoms with van der Waals surface area (Å²) < 4.78 is 3.84. The Morgan fingerprint density at radius 3 is 1.93 bits per heavy atom. The normalized spacial score (nSPS) is 11.5. The number of nitrogens with zero attached hydrogens (tertiary/aromatic N) is 2. The summed E-state index contributed by atoms with van der Waals surface area (Å²) in [7, 11) is 0. The van der Waals surface area contributed by atoms with E-state index < -0.39 is 0 Å². The predicted octanol–water partition coefficient (Wildman–Crippen LogP) is 10.7. The van der Waals surface area contributed by atoms with E-state index in [2.05, 4.69) is 133 Å². The van der Waals surface area contributed by atoms with E-state index in [-0.39, 0.29) is 0 Å². The van der Waals surface area contributed by atoms with Gasteiger partial charge in [0, 0.05) is 36.0 Å². The second-order valence-electron chi connectivity index (χ2n) is 9.87. The van der Waals surface area contributed by atoms with E-state index in [9.17, 15) is 0 Å². The van der Waals surface area contributed by atoms with Crippen LogP contribution in [-0.2, 0) is 0 Å². The average Bonchev–Trinajstić information content (AvgIpc) is 3.63. The molecule has 4 heteroatoms. The summed E-state index contributed by atoms with van der Waals surface area (Å²) in [4.78, 5) is 11.4. The molecule has 0 unspecified atom stereocenters. The molecule has 0 saturated carbocycles. The van der Waals surface area contributed by atoms with Crippen LogP contribution in [0.5, 0.6) is 0 Å². The minimum Gasteiger partial charge on any atom is -0.227 e. The molecule has 0 fully saturated rings. The third-order valence-corrected chi connectivity index (χ3v) is 9.57. The molecule has 3 heterocycles. The highest BCUT2D eigenvalue weighted by Crippen LogP contribution is 2.38. The zero-order valence-corrected chi connectivity index (χ0v) is 23.0. The van der Waals surface area contributed by atoms with Gasteiger partial charge in [-0.2, -0.15) is 0 Å². The Bertz CT molecular complexity index is 2140. The van der Waals surface area contributed by atoms with Gasteiger partial charge >= 0.3 is 0 Å². The molecule has 3 aromatic heterocycles. The van der Waals surface area contributed by atoms with Gasteiger partial charge in [-0.1, -0.05) is 91.0 Å². The first-order valence-electron chi connectivity index (χ1n) is 13.2. The number of fused-ring (bicyclic) bond motifs is 4. The molecule has 2 nitrogen and oxygen atoms in total. The minimum atomic E-state index is 0.758. The predicted molar refractivity (Wildman–Crippen MR) is 172 cm³/mol. The molecule has 0 N–H and O–H groups in total. The number of aromatic nitrogens is 2. The molecule has 0 amide bonds. The van der Waals surface area contributed by atoms with E-state index in [1.165, 1.54) is 41.4 Å². The maximum Gasteiger partial charge on any atom is 0.170 e. The van der Waals surface area contributed by atoms with E-state index in [1.807, 2.05) is 11.3 Å². The van der Waals surface area contributed by atoms with Crippen molar-refractivity contribution in [2.45, 2.75) is 0 Å². The highest BCUT2D eigenvalue weighted by Gasteiger charge is 2.15. The zero-order valence-electron chi connectivity index (χ0n) is 21.4. The van der Waals surface area contributed by atoms with Crippen molar-refractivity contribution < 1.29 is 0 Å². The number of thiophene rings is 2. The molecular formula is C36H22N2S2. The Morgan fingerprint density at radius 2 is 1.07 bits per heavy atom. The van der Waals surface area contributed by atoms with Gasteiger partial charge in [0.2, 0.25) is 0 Å². The van der Waals surface area contributed by atoms with Gasteiger partial charge in [-0.25, -0.2) is 9.97 Å². The lowest BCUT2D eigenvalue weighted by atomic mass is 10.0. The minimum absolute atomic E-state index is 0.758. The van der Waals surface area contributed by atoms with Gasteiger partial charge in [0.1, 0.15) is 0 Å². The molecule has 0 spiro atoms. The first-order chi connectivity index (χ1) is 19.8. The van der Waals surface area contributed by atoms with Gasteiger partial charge in [-0.05, 0) is 59.0 Å². The second-order valence-corrected chi connectivity index (χ2v) is 12.0. The standard InChI is InChI=1S/C36H22N2S2/c1-2-9-23(10-3-1)24-12-8-13-25(19-24)30-22-31(38-36(37-30)35-21-27-11-4-6-15-32(27)39-35)26-17-18-34-29(20-26)28-14-5-7-16-33(28)40-34/h1-22H. The molecule has 188 valence electrons. The van der Waals surface area contributed by atoms with Gasteiger partial charge in [0.25, 0.3) is 0 Å². The summed E-state index contributed by atoms with van der Waals surface area (Å²) >= 11 is 3.58. The molecule has 0 saturated heterocycles. The van der Waals surface area contributed by atoms with Gasteiger partial charge in [-0.15, -0.1) is 22.7 Å². The smallest absolute Gasteiger partial charge is 0.170 e. The fourth-order valence-electron chi connectivity index (χ4n) is 5.32. The van der Waals surface area contributed by atoms with Crippen molar-refractivity contribution in [1.82, 2.24) is 9.97 Å². The van der Waals surface area contributed by atoms with Crippen LogP contribution < -0.4 is 0 Å². The SMILES string of the molecule is c1ccc(-c2cccc(-c3cc(-c4ccc5sc6ccccc6c5c4)nc(-c4cc5ccccc5s4)n3)c2)cc1. The lowest BCUT2D eigenvalue weighted by Crippen LogP contribution is -1.95. The fourth-order valence-corrected chi connectivity index (χ4v) is 7.40. The summed E-state index contributed by atoms with van der Waals surface area (Å²) in [6.45, 7) is 0. The van der Waals surface area contributed by atoms with Gasteiger partial charge in [0.05, 0.1) is 16.3 Å². The molecule has 40 heavy (non-hydrogen) atoms. The van der Waals surface area contributed by atoms with Crippen LogP contribution in [0.25, 0.3) is 74.6 Å². The van der Waals surface area contributed by atoms with Crippen LogP contribution in [0.2, 0.25) is 0 Å². The number of benzene rings is 5. The highest BCUT2D eigenvalue weighted by atomic mass is 32.1. The first kappa shape index (κ1) is 23.3. The topological polar surface area (TPSA) is 25.8 Å². The molecule has 0 radical (unpaired) electrons. The zero-order chi connectivity index (χ0) is 26.5. The summed E-state index contributed by atoms with van der Waals surface area (Å²) in [5.74, 6) is 0.758. The van der Waals surface area contributed by atoms with Crippen LogP contribution in [0.4, 0.5) is 0 Å². The number of hydrogen-bond donors (Lipinski definition) is 0. The van der Waals surface area contributed by atoms with Crippen molar-refractivity contribution in [2.24, 2.45) is 0 Å². The Balaban J connectivity index is 1.33. The second kappa shape index (κ2) is 9.53. The summed E-state index contributed by atoms with van der Waals surface area (Å²) in [6, 6.07) is 47.3. The Hall–Kier alpha value is -4.64. The first-order valence-corrected chi connectivity index (χ1v) is 14.9. The average molecular weight is 547 g/mol. The molecule has 0 aliphatic carbocycles. The van der Waals surface area contributed by atoms with Crippen molar-refractivity contribution >= 4 is 52.9 Å². The summed E-state index contributed by atoms with van der Waals surface area (Å²) in [5.41, 5.74) is 6.40. The van der Waals surface area contributed by atoms with E-state index in [1.54, 1.807) is 11.3 Å². The molecule has 8 rings (SSSR count). The van der Waals surface area contributed by atoms with Gasteiger partial charge < -0.3 is 0 Å². The molecule has 0 aliphatic rings. The Morgan fingerprint density at radius 1 is 0.400 bits per heavy atom. The number of rotatable bonds is 4. The molecule has 0 aliphatic heterocycles. The lowest BCUT2D eigenvalue weighted by molar-refractivity contribution is 1.19. The van der Waals surface area contributed by atoms with Crippen LogP contribution >= 0.6 is 22.7 Å². The Labute approximate surface area is 239 Å². The van der Waals surface area contributed by atoms with E-state index in [4.69, 9.17) is 9.97 Å². The van der Waals surface area contributed by atoms with Crippen molar-refractivity contribution in [3.63, 3.8) is 0 Å². The highest BCUT2D eigenvalue weighted by molar-refractivity contribution is 7.25. The van der Waals surface area contributed by atoms with Crippen LogP contribution in [-0.4, -0.2) is 9.97 Å². The van der Waals surface area contributed by atoms with E-state index >= 15 is 0 Å². The maximum absolute atomic E-state index is 5.15. The summed E-state index contributed by atoms with van der Waals surface area (Å²) in [6.07, 6.45) is 0. The quantitative estimate of drug-likeness (QED) is 0.219. The third kappa shape index (κ3) is 4.10. The van der Waals surface area contributed by atoms with Crippen LogP contribution in [0.3, 0.4) is 0 Å². The lowest BCUT2D eigenvalue weighted by Gasteiger charge is -2.10. The molecular weight excluding hydrogens is 525 g/mol. The van der Waals surface area contributed by atoms with E-state index in [0.717, 1.165) is 33.2 Å². The van der Waals surface area contributed by atoms with Crippen molar-refractivity contribution in [1.29, 1.82) is 0 Å². The van der Waals surface area contributed by atoms with Gasteiger partial charge in [0.15, 0.2) is 5.82 Å². The number of hydrogen-bond acceptors (Lipinski definition) is 4. The molecule has 5 aromatic carbocycles. The monoisotopic (exact) mass is 546 g/mol. The van der Waals surface area contributed by atoms with Crippen molar-refractivity contribution in [2.75, 3.05) is 0 Å². The molecule has 8 aromatic rings. The van der Waals surface area contributed by atoms with Crippen LogP contribution in [0, 0.1) is 0 Å². The van der Waals surface area contributed by atoms with Crippen molar-refractivity contribution in [3.8, 4) is 44.3 Å². The Kier molecular flexibility index (Phi) is 5.54. The summed E-state index contributed by atoms with van der Waals surface area (Å²) in [5, 5.41) is 3.78. The maximum atomic E-state index is 5.15. The molecule has 0 bridgehead atoms. The van der Waals surface area contributed by atoms with Crippen LogP contribution in [0.1, 0.15) is 0 Å².